The number of esters is 1. The number of carbonyl (C=O) groups is 3. The van der Waals surface area contributed by atoms with Gasteiger partial charge in [-0.2, -0.15) is 0 Å². The predicted molar refractivity (Wildman–Crippen MR) is 189 cm³/mol. The van der Waals surface area contributed by atoms with Gasteiger partial charge in [-0.3, -0.25) is 19.7 Å². The van der Waals surface area contributed by atoms with Gasteiger partial charge in [0.2, 0.25) is 5.91 Å². The second-order valence-corrected chi connectivity index (χ2v) is 14.7. The first-order valence-electron chi connectivity index (χ1n) is 16.1. The maximum atomic E-state index is 12.1. The van der Waals surface area contributed by atoms with Crippen molar-refractivity contribution in [2.75, 3.05) is 0 Å². The van der Waals surface area contributed by atoms with Crippen molar-refractivity contribution < 1.29 is 24.2 Å². The van der Waals surface area contributed by atoms with Crippen molar-refractivity contribution in [1.29, 1.82) is 0 Å². The summed E-state index contributed by atoms with van der Waals surface area (Å²) in [5.41, 5.74) is 0.767. The van der Waals surface area contributed by atoms with Gasteiger partial charge in [-0.05, 0) is 135 Å². The summed E-state index contributed by atoms with van der Waals surface area (Å²) in [6.07, 6.45) is 7.13. The monoisotopic (exact) mass is 721 g/mol. The Labute approximate surface area is 280 Å². The Kier molecular flexibility index (Phi) is 16.1. The molecule has 7 heteroatoms. The average molecular weight is 722 g/mol. The molecule has 0 spiro atoms. The SMILES string of the molecule is CCC(C)(C)C(=O)NC(=O)c1ccc(I)cc1.CCC(C)(C)C(=O)OC1(C(C)C)CCCC1.CCC(C)c1ccc(O)cc1. The fourth-order valence-electron chi connectivity index (χ4n) is 4.38. The zero-order valence-corrected chi connectivity index (χ0v) is 30.8. The lowest BCUT2D eigenvalue weighted by Gasteiger charge is -2.36. The Bertz CT molecular complexity index is 1180. The van der Waals surface area contributed by atoms with E-state index in [1.807, 2.05) is 65.8 Å². The van der Waals surface area contributed by atoms with Crippen LogP contribution in [0.15, 0.2) is 48.5 Å². The first-order chi connectivity index (χ1) is 20.4. The fourth-order valence-corrected chi connectivity index (χ4v) is 4.74. The molecule has 44 heavy (non-hydrogen) atoms. The van der Waals surface area contributed by atoms with Gasteiger partial charge in [0, 0.05) is 14.5 Å². The number of aromatic hydroxyl groups is 1. The van der Waals surface area contributed by atoms with Crippen LogP contribution in [0.3, 0.4) is 0 Å². The van der Waals surface area contributed by atoms with E-state index in [0.717, 1.165) is 29.3 Å². The number of hydrogen-bond acceptors (Lipinski definition) is 5. The zero-order chi connectivity index (χ0) is 33.7. The first kappa shape index (κ1) is 39.6. The van der Waals surface area contributed by atoms with Crippen molar-refractivity contribution in [1.82, 2.24) is 5.32 Å². The predicted octanol–water partition coefficient (Wildman–Crippen LogP) is 9.82. The van der Waals surface area contributed by atoms with Gasteiger partial charge in [-0.1, -0.05) is 67.5 Å². The van der Waals surface area contributed by atoms with Crippen LogP contribution in [0.1, 0.15) is 136 Å². The number of nitrogens with one attached hydrogen (secondary N) is 1. The molecule has 3 rings (SSSR count). The maximum Gasteiger partial charge on any atom is 0.312 e. The van der Waals surface area contributed by atoms with Crippen LogP contribution in [0, 0.1) is 20.3 Å². The summed E-state index contributed by atoms with van der Waals surface area (Å²) in [5, 5.41) is 11.4. The average Bonchev–Trinajstić information content (AvgIpc) is 3.48. The summed E-state index contributed by atoms with van der Waals surface area (Å²) in [6, 6.07) is 14.5. The number of phenolic OH excluding ortho intramolecular Hbond substituents is 1. The highest BCUT2D eigenvalue weighted by atomic mass is 127. The van der Waals surface area contributed by atoms with Gasteiger partial charge in [0.1, 0.15) is 11.4 Å². The number of rotatable bonds is 9. The zero-order valence-electron chi connectivity index (χ0n) is 28.7. The Morgan fingerprint density at radius 1 is 0.864 bits per heavy atom. The molecule has 0 heterocycles. The minimum Gasteiger partial charge on any atom is -0.508 e. The molecule has 2 N–H and O–H groups in total. The van der Waals surface area contributed by atoms with Crippen LogP contribution in [0.25, 0.3) is 0 Å². The third-order valence-corrected chi connectivity index (χ3v) is 9.86. The van der Waals surface area contributed by atoms with Gasteiger partial charge in [0.15, 0.2) is 0 Å². The topological polar surface area (TPSA) is 92.7 Å². The van der Waals surface area contributed by atoms with E-state index in [0.29, 0.717) is 29.6 Å². The molecular weight excluding hydrogens is 665 g/mol. The molecule has 2 aromatic carbocycles. The van der Waals surface area contributed by atoms with Crippen LogP contribution in [0.4, 0.5) is 0 Å². The number of hydrogen-bond donors (Lipinski definition) is 2. The largest absolute Gasteiger partial charge is 0.508 e. The highest BCUT2D eigenvalue weighted by Crippen LogP contribution is 2.41. The van der Waals surface area contributed by atoms with E-state index in [-0.39, 0.29) is 28.8 Å². The lowest BCUT2D eigenvalue weighted by molar-refractivity contribution is -0.175. The quantitative estimate of drug-likeness (QED) is 0.199. The summed E-state index contributed by atoms with van der Waals surface area (Å²) in [6.45, 7) is 20.2. The Hall–Kier alpha value is -2.42. The number of ether oxygens (including phenoxy) is 1. The van der Waals surface area contributed by atoms with Gasteiger partial charge in [-0.15, -0.1) is 0 Å². The second-order valence-electron chi connectivity index (χ2n) is 13.5. The van der Waals surface area contributed by atoms with Gasteiger partial charge in [0.05, 0.1) is 5.41 Å². The second kappa shape index (κ2) is 17.9. The van der Waals surface area contributed by atoms with E-state index in [9.17, 15) is 14.4 Å². The molecule has 0 aliphatic heterocycles. The maximum absolute atomic E-state index is 12.1. The van der Waals surface area contributed by atoms with Crippen molar-refractivity contribution in [3.05, 3.63) is 63.2 Å². The van der Waals surface area contributed by atoms with E-state index in [2.05, 4.69) is 55.6 Å². The molecule has 0 radical (unpaired) electrons. The number of amides is 2. The third kappa shape index (κ3) is 12.2. The van der Waals surface area contributed by atoms with Gasteiger partial charge >= 0.3 is 5.97 Å². The molecule has 1 unspecified atom stereocenters. The van der Waals surface area contributed by atoms with Gasteiger partial charge in [0.25, 0.3) is 5.91 Å². The fraction of sp³-hybridized carbons (Fsp3) is 0.595. The van der Waals surface area contributed by atoms with E-state index in [4.69, 9.17) is 9.84 Å². The van der Waals surface area contributed by atoms with E-state index in [1.165, 1.54) is 18.4 Å². The summed E-state index contributed by atoms with van der Waals surface area (Å²) in [7, 11) is 0. The number of imide groups is 1. The lowest BCUT2D eigenvalue weighted by atomic mass is 9.86. The standard InChI is InChI=1S/C14H26O2.C13H16INO2.C10H14O/c1-6-13(4,5)12(15)16-14(11(2)3)9-7-8-10-14;1-4-13(2,3)12(17)15-11(16)9-5-7-10(14)8-6-9;1-3-8(2)9-4-6-10(11)7-5-9/h11H,6-10H2,1-5H3;5-8H,4H2,1-3H3,(H,15,16,17);4-8,11H,3H2,1-2H3. The molecule has 0 bridgehead atoms. The first-order valence-corrected chi connectivity index (χ1v) is 17.2. The molecule has 2 amide bonds. The molecule has 1 atom stereocenters. The molecule has 0 saturated heterocycles. The molecule has 1 aliphatic rings. The molecule has 1 fully saturated rings. The van der Waals surface area contributed by atoms with Crippen LogP contribution in [-0.2, 0) is 14.3 Å². The molecule has 6 nitrogen and oxygen atoms in total. The summed E-state index contributed by atoms with van der Waals surface area (Å²) >= 11 is 2.17. The minimum absolute atomic E-state index is 0.0226. The van der Waals surface area contributed by atoms with Gasteiger partial charge < -0.3 is 9.84 Å². The number of benzene rings is 2. The molecule has 1 saturated carbocycles. The van der Waals surface area contributed by atoms with Crippen molar-refractivity contribution in [2.24, 2.45) is 16.7 Å². The smallest absolute Gasteiger partial charge is 0.312 e. The number of phenols is 1. The normalized spacial score (nSPS) is 14.8. The van der Waals surface area contributed by atoms with Crippen molar-refractivity contribution in [2.45, 2.75) is 126 Å². The van der Waals surface area contributed by atoms with Crippen LogP contribution < -0.4 is 5.32 Å². The third-order valence-electron chi connectivity index (χ3n) is 9.14. The molecule has 0 aromatic heterocycles. The van der Waals surface area contributed by atoms with E-state index < -0.39 is 5.41 Å². The van der Waals surface area contributed by atoms with Gasteiger partial charge in [-0.25, -0.2) is 0 Å². The summed E-state index contributed by atoms with van der Waals surface area (Å²) in [4.78, 5) is 35.7. The highest BCUT2D eigenvalue weighted by Gasteiger charge is 2.43. The Morgan fingerprint density at radius 2 is 1.36 bits per heavy atom. The van der Waals surface area contributed by atoms with Crippen LogP contribution >= 0.6 is 22.6 Å². The number of carbonyl (C=O) groups excluding carboxylic acids is 3. The molecule has 1 aliphatic carbocycles. The van der Waals surface area contributed by atoms with Crippen molar-refractivity contribution >= 4 is 40.4 Å². The molecular formula is C37H56INO5. The summed E-state index contributed by atoms with van der Waals surface area (Å²) < 4.78 is 6.93. The molecule has 246 valence electrons. The number of halogens is 1. The highest BCUT2D eigenvalue weighted by molar-refractivity contribution is 14.1. The van der Waals surface area contributed by atoms with Crippen molar-refractivity contribution in [3.8, 4) is 5.75 Å². The minimum atomic E-state index is -0.515. The van der Waals surface area contributed by atoms with Crippen LogP contribution in [-0.4, -0.2) is 28.5 Å². The Balaban J connectivity index is 0.000000338. The van der Waals surface area contributed by atoms with Crippen molar-refractivity contribution in [3.63, 3.8) is 0 Å². The molecule has 2 aromatic rings. The van der Waals surface area contributed by atoms with E-state index >= 15 is 0 Å². The Morgan fingerprint density at radius 3 is 1.80 bits per heavy atom. The lowest BCUT2D eigenvalue weighted by Crippen LogP contribution is -2.41. The summed E-state index contributed by atoms with van der Waals surface area (Å²) in [5.74, 6) is 0.765. The van der Waals surface area contributed by atoms with Crippen LogP contribution in [0.5, 0.6) is 5.75 Å². The van der Waals surface area contributed by atoms with Crippen LogP contribution in [0.2, 0.25) is 0 Å². The van der Waals surface area contributed by atoms with E-state index in [1.54, 1.807) is 24.3 Å².